The van der Waals surface area contributed by atoms with E-state index >= 15 is 0 Å². The van der Waals surface area contributed by atoms with Crippen LogP contribution in [0.1, 0.15) is 17.4 Å². The molecule has 0 aliphatic rings. The summed E-state index contributed by atoms with van der Waals surface area (Å²) in [5.74, 6) is -0.619. The van der Waals surface area contributed by atoms with Crippen LogP contribution in [-0.2, 0) is 9.53 Å². The molecule has 0 atom stereocenters. The zero-order valence-corrected chi connectivity index (χ0v) is 11.3. The number of para-hydroxylation sites is 1. The van der Waals surface area contributed by atoms with Crippen LogP contribution in [-0.4, -0.2) is 34.7 Å². The van der Waals surface area contributed by atoms with E-state index in [4.69, 9.17) is 4.74 Å². The monoisotopic (exact) mass is 287 g/mol. The van der Waals surface area contributed by atoms with Crippen molar-refractivity contribution in [3.63, 3.8) is 0 Å². The average molecular weight is 287 g/mol. The van der Waals surface area contributed by atoms with Crippen molar-refractivity contribution in [3.8, 4) is 0 Å². The van der Waals surface area contributed by atoms with Crippen molar-refractivity contribution in [2.45, 2.75) is 6.92 Å². The van der Waals surface area contributed by atoms with Crippen LogP contribution < -0.4 is 5.32 Å². The van der Waals surface area contributed by atoms with E-state index in [-0.39, 0.29) is 18.0 Å². The van der Waals surface area contributed by atoms with Gasteiger partial charge in [-0.2, -0.15) is 9.78 Å². The van der Waals surface area contributed by atoms with Gasteiger partial charge in [-0.3, -0.25) is 9.59 Å². The number of aromatic nitrogens is 2. The number of allylic oxidation sites excluding steroid dienone is 1. The maximum atomic E-state index is 12.1. The Morgan fingerprint density at radius 2 is 2.14 bits per heavy atom. The first-order valence-corrected chi connectivity index (χ1v) is 6.18. The smallest absolute Gasteiger partial charge is 0.435 e. The maximum Gasteiger partial charge on any atom is 0.435 e. The summed E-state index contributed by atoms with van der Waals surface area (Å²) in [5.41, 5.74) is 0.370. The topological polar surface area (TPSA) is 90.3 Å². The van der Waals surface area contributed by atoms with E-state index in [0.29, 0.717) is 17.2 Å². The second-order valence-electron chi connectivity index (χ2n) is 4.07. The molecule has 2 rings (SSSR count). The SMILES string of the molecule is C=C(C=O)NC(=O)c1nn(C(=O)OCC)c2ccccc12. The molecule has 1 aromatic carbocycles. The van der Waals surface area contributed by atoms with Crippen LogP contribution in [0, 0.1) is 0 Å². The number of hydrogen-bond donors (Lipinski definition) is 1. The predicted molar refractivity (Wildman–Crippen MR) is 74.8 cm³/mol. The second-order valence-corrected chi connectivity index (χ2v) is 4.07. The highest BCUT2D eigenvalue weighted by Gasteiger charge is 2.20. The molecule has 0 spiro atoms. The van der Waals surface area contributed by atoms with E-state index in [2.05, 4.69) is 17.0 Å². The fraction of sp³-hybridized carbons (Fsp3) is 0.143. The lowest BCUT2D eigenvalue weighted by atomic mass is 10.2. The van der Waals surface area contributed by atoms with E-state index in [0.717, 1.165) is 4.68 Å². The minimum absolute atomic E-state index is 0.0154. The van der Waals surface area contributed by atoms with Crippen LogP contribution >= 0.6 is 0 Å². The van der Waals surface area contributed by atoms with E-state index in [1.807, 2.05) is 0 Å². The van der Waals surface area contributed by atoms with E-state index in [1.165, 1.54) is 0 Å². The first-order chi connectivity index (χ1) is 10.1. The summed E-state index contributed by atoms with van der Waals surface area (Å²) in [6.07, 6.45) is -0.260. The molecule has 1 N–H and O–H groups in total. The third-order valence-corrected chi connectivity index (χ3v) is 2.66. The molecule has 7 heteroatoms. The summed E-state index contributed by atoms with van der Waals surface area (Å²) in [6.45, 7) is 5.23. The molecule has 0 saturated carbocycles. The van der Waals surface area contributed by atoms with Crippen LogP contribution in [0.15, 0.2) is 36.5 Å². The third-order valence-electron chi connectivity index (χ3n) is 2.66. The zero-order valence-electron chi connectivity index (χ0n) is 11.3. The summed E-state index contributed by atoms with van der Waals surface area (Å²) < 4.78 is 5.90. The number of nitrogens with one attached hydrogen (secondary N) is 1. The molecule has 0 aliphatic carbocycles. The fourth-order valence-electron chi connectivity index (χ4n) is 1.79. The van der Waals surface area contributed by atoms with Crippen molar-refractivity contribution >= 4 is 29.2 Å². The lowest BCUT2D eigenvalue weighted by Gasteiger charge is -2.01. The lowest BCUT2D eigenvalue weighted by Crippen LogP contribution is -2.24. The zero-order chi connectivity index (χ0) is 15.4. The van der Waals surface area contributed by atoms with Gasteiger partial charge in [0.05, 0.1) is 17.8 Å². The van der Waals surface area contributed by atoms with Gasteiger partial charge in [0.25, 0.3) is 5.91 Å². The van der Waals surface area contributed by atoms with E-state index in [1.54, 1.807) is 31.2 Å². The van der Waals surface area contributed by atoms with Crippen LogP contribution in [0.2, 0.25) is 0 Å². The van der Waals surface area contributed by atoms with Gasteiger partial charge in [0.2, 0.25) is 0 Å². The molecular formula is C14H13N3O4. The Hall–Kier alpha value is -2.96. The maximum absolute atomic E-state index is 12.1. The molecule has 0 bridgehead atoms. The molecule has 1 aromatic heterocycles. The summed E-state index contributed by atoms with van der Waals surface area (Å²) in [5, 5.41) is 6.73. The number of carbonyl (C=O) groups excluding carboxylic acids is 3. The Bertz CT molecular complexity index is 733. The number of ether oxygens (including phenoxy) is 1. The highest BCUT2D eigenvalue weighted by Crippen LogP contribution is 2.18. The Balaban J connectivity index is 2.50. The molecule has 0 aliphatic heterocycles. The Morgan fingerprint density at radius 3 is 2.81 bits per heavy atom. The summed E-state index contributed by atoms with van der Waals surface area (Å²) in [4.78, 5) is 34.4. The van der Waals surface area contributed by atoms with Crippen molar-refractivity contribution < 1.29 is 19.1 Å². The first-order valence-electron chi connectivity index (χ1n) is 6.18. The number of amides is 1. The van der Waals surface area contributed by atoms with Crippen molar-refractivity contribution in [1.29, 1.82) is 0 Å². The van der Waals surface area contributed by atoms with Crippen LogP contribution in [0.3, 0.4) is 0 Å². The molecule has 0 saturated heterocycles. The fourth-order valence-corrected chi connectivity index (χ4v) is 1.79. The summed E-state index contributed by atoms with van der Waals surface area (Å²) >= 11 is 0. The van der Waals surface area contributed by atoms with Gasteiger partial charge in [-0.1, -0.05) is 24.8 Å². The molecule has 1 amide bonds. The van der Waals surface area contributed by atoms with Gasteiger partial charge in [-0.15, -0.1) is 0 Å². The highest BCUT2D eigenvalue weighted by atomic mass is 16.5. The molecule has 21 heavy (non-hydrogen) atoms. The van der Waals surface area contributed by atoms with Crippen molar-refractivity contribution in [1.82, 2.24) is 15.1 Å². The lowest BCUT2D eigenvalue weighted by molar-refractivity contribution is -0.105. The molecule has 0 unspecified atom stereocenters. The van der Waals surface area contributed by atoms with Crippen molar-refractivity contribution in [2.75, 3.05) is 6.61 Å². The largest absolute Gasteiger partial charge is 0.448 e. The Morgan fingerprint density at radius 1 is 1.43 bits per heavy atom. The van der Waals surface area contributed by atoms with Gasteiger partial charge < -0.3 is 10.1 Å². The molecule has 108 valence electrons. The van der Waals surface area contributed by atoms with Crippen molar-refractivity contribution in [3.05, 3.63) is 42.2 Å². The second kappa shape index (κ2) is 6.00. The van der Waals surface area contributed by atoms with E-state index < -0.39 is 12.0 Å². The number of aldehydes is 1. The van der Waals surface area contributed by atoms with Gasteiger partial charge in [-0.05, 0) is 13.0 Å². The minimum Gasteiger partial charge on any atom is -0.448 e. The van der Waals surface area contributed by atoms with Gasteiger partial charge in [0.1, 0.15) is 0 Å². The number of benzene rings is 1. The molecule has 2 aromatic rings. The summed E-state index contributed by atoms with van der Waals surface area (Å²) in [6, 6.07) is 6.72. The Labute approximate surface area is 120 Å². The number of fused-ring (bicyclic) bond motifs is 1. The predicted octanol–water partition coefficient (Wildman–Crippen LogP) is 1.48. The quantitative estimate of drug-likeness (QED) is 0.679. The Kier molecular flexibility index (Phi) is 4.13. The van der Waals surface area contributed by atoms with Gasteiger partial charge in [0.15, 0.2) is 12.0 Å². The van der Waals surface area contributed by atoms with Crippen LogP contribution in [0.25, 0.3) is 10.9 Å². The van der Waals surface area contributed by atoms with Crippen LogP contribution in [0.5, 0.6) is 0 Å². The molecule has 0 fully saturated rings. The minimum atomic E-state index is -0.679. The molecule has 7 nitrogen and oxygen atoms in total. The number of rotatable bonds is 4. The number of carbonyl (C=O) groups is 3. The van der Waals surface area contributed by atoms with Crippen molar-refractivity contribution in [2.24, 2.45) is 0 Å². The van der Waals surface area contributed by atoms with Crippen LogP contribution in [0.4, 0.5) is 4.79 Å². The summed E-state index contributed by atoms with van der Waals surface area (Å²) in [7, 11) is 0. The molecular weight excluding hydrogens is 274 g/mol. The third kappa shape index (κ3) is 2.81. The average Bonchev–Trinajstić information content (AvgIpc) is 2.87. The van der Waals surface area contributed by atoms with Gasteiger partial charge >= 0.3 is 6.09 Å². The number of hydrogen-bond acceptors (Lipinski definition) is 5. The van der Waals surface area contributed by atoms with Gasteiger partial charge in [0, 0.05) is 5.39 Å². The number of nitrogens with zero attached hydrogens (tertiary/aromatic N) is 2. The normalized spacial score (nSPS) is 10.1. The van der Waals surface area contributed by atoms with Gasteiger partial charge in [-0.25, -0.2) is 4.79 Å². The molecule has 0 radical (unpaired) electrons. The first kappa shape index (κ1) is 14.4. The highest BCUT2D eigenvalue weighted by molar-refractivity contribution is 6.08. The van der Waals surface area contributed by atoms with E-state index in [9.17, 15) is 14.4 Å². The molecule has 1 heterocycles. The standard InChI is InChI=1S/C14H13N3O4/c1-3-21-14(20)17-11-7-5-4-6-10(11)12(16-17)13(19)15-9(2)8-18/h4-8H,2-3H2,1H3,(H,15,19).